The first-order chi connectivity index (χ1) is 17.1. The fourth-order valence-electron chi connectivity index (χ4n) is 4.86. The summed E-state index contributed by atoms with van der Waals surface area (Å²) < 4.78 is 15.0. The molecule has 1 aliphatic rings. The highest BCUT2D eigenvalue weighted by Gasteiger charge is 2.21. The van der Waals surface area contributed by atoms with Gasteiger partial charge in [-0.05, 0) is 78.5 Å². The third-order valence-corrected chi connectivity index (χ3v) is 7.66. The summed E-state index contributed by atoms with van der Waals surface area (Å²) in [5, 5.41) is 3.79. The largest absolute Gasteiger partial charge is 0.376 e. The van der Waals surface area contributed by atoms with Crippen molar-refractivity contribution in [3.63, 3.8) is 0 Å². The lowest BCUT2D eigenvalue weighted by Gasteiger charge is -2.26. The average molecular weight is 514 g/mol. The van der Waals surface area contributed by atoms with Gasteiger partial charge in [-0.3, -0.25) is 4.99 Å². The summed E-state index contributed by atoms with van der Waals surface area (Å²) in [6.07, 6.45) is 12.6. The molecular weight excluding hydrogens is 469 g/mol. The van der Waals surface area contributed by atoms with Crippen LogP contribution < -0.4 is 5.32 Å². The Hall–Kier alpha value is -2.20. The van der Waals surface area contributed by atoms with Crippen LogP contribution in [0.2, 0.25) is 0 Å². The molecule has 1 N–H and O–H groups in total. The van der Waals surface area contributed by atoms with E-state index < -0.39 is 0 Å². The minimum atomic E-state index is -0.159. The summed E-state index contributed by atoms with van der Waals surface area (Å²) in [4.78, 5) is 8.62. The third kappa shape index (κ3) is 10.4. The first-order valence-corrected chi connectivity index (χ1v) is 13.8. The zero-order valence-corrected chi connectivity index (χ0v) is 23.5. The first-order valence-electron chi connectivity index (χ1n) is 13.4. The monoisotopic (exact) mass is 513 g/mol. The number of halogens is 2. The van der Waals surface area contributed by atoms with Gasteiger partial charge in [-0.2, -0.15) is 0 Å². The number of benzene rings is 1. The lowest BCUT2D eigenvalue weighted by atomic mass is 9.80. The number of nitrogens with one attached hydrogen (secondary N) is 1. The SMILES string of the molecule is C=C(Cc1ccc(C(=C)CCC(CC)C2CC\N=C/C(Cl)=C\N=C\NCC2)cc1F)CC(C)(C)CC. The molecule has 1 heterocycles. The van der Waals surface area contributed by atoms with Gasteiger partial charge >= 0.3 is 0 Å². The second-order valence-electron chi connectivity index (χ2n) is 10.9. The highest BCUT2D eigenvalue weighted by Crippen LogP contribution is 2.32. The van der Waals surface area contributed by atoms with Crippen molar-refractivity contribution < 1.29 is 4.39 Å². The van der Waals surface area contributed by atoms with Crippen LogP contribution in [0.4, 0.5) is 4.39 Å². The number of hydrogen-bond donors (Lipinski definition) is 1. The predicted octanol–water partition coefficient (Wildman–Crippen LogP) is 8.75. The van der Waals surface area contributed by atoms with E-state index >= 15 is 0 Å². The highest BCUT2D eigenvalue weighted by molar-refractivity contribution is 6.39. The maximum Gasteiger partial charge on any atom is 0.127 e. The quantitative estimate of drug-likeness (QED) is 0.295. The second-order valence-corrected chi connectivity index (χ2v) is 11.3. The van der Waals surface area contributed by atoms with Crippen molar-refractivity contribution in [3.05, 3.63) is 65.1 Å². The van der Waals surface area contributed by atoms with Crippen LogP contribution in [0.25, 0.3) is 5.57 Å². The van der Waals surface area contributed by atoms with Gasteiger partial charge in [0.15, 0.2) is 0 Å². The van der Waals surface area contributed by atoms with Crippen molar-refractivity contribution in [3.8, 4) is 0 Å². The molecule has 3 nitrogen and oxygen atoms in total. The van der Waals surface area contributed by atoms with Crippen LogP contribution in [-0.2, 0) is 6.42 Å². The van der Waals surface area contributed by atoms with Gasteiger partial charge in [0.25, 0.3) is 0 Å². The van der Waals surface area contributed by atoms with E-state index in [1.807, 2.05) is 12.1 Å². The van der Waals surface area contributed by atoms with Crippen LogP contribution in [0.1, 0.15) is 83.8 Å². The minimum absolute atomic E-state index is 0.159. The summed E-state index contributed by atoms with van der Waals surface area (Å²) in [6.45, 7) is 19.0. The fourth-order valence-corrected chi connectivity index (χ4v) is 4.98. The van der Waals surface area contributed by atoms with E-state index in [-0.39, 0.29) is 11.2 Å². The van der Waals surface area contributed by atoms with Crippen molar-refractivity contribution in [1.82, 2.24) is 5.32 Å². The van der Waals surface area contributed by atoms with Crippen molar-refractivity contribution in [2.24, 2.45) is 27.2 Å². The summed E-state index contributed by atoms with van der Waals surface area (Å²) in [5.74, 6) is 0.938. The number of hydrogen-bond acceptors (Lipinski definition) is 3. The van der Waals surface area contributed by atoms with Crippen LogP contribution in [0.5, 0.6) is 0 Å². The second kappa shape index (κ2) is 15.1. The van der Waals surface area contributed by atoms with Gasteiger partial charge in [-0.15, -0.1) is 0 Å². The summed E-state index contributed by atoms with van der Waals surface area (Å²) >= 11 is 6.09. The normalized spacial score (nSPS) is 21.2. The Morgan fingerprint density at radius 2 is 2.03 bits per heavy atom. The highest BCUT2D eigenvalue weighted by atomic mass is 35.5. The molecule has 1 aliphatic heterocycles. The van der Waals surface area contributed by atoms with Gasteiger partial charge in [0, 0.05) is 25.5 Å². The molecule has 2 atom stereocenters. The van der Waals surface area contributed by atoms with Gasteiger partial charge in [0.2, 0.25) is 0 Å². The van der Waals surface area contributed by atoms with Gasteiger partial charge in [0.05, 0.1) is 11.4 Å². The molecule has 0 bridgehead atoms. The van der Waals surface area contributed by atoms with Crippen molar-refractivity contribution in [2.45, 2.75) is 79.1 Å². The Balaban J connectivity index is 1.97. The van der Waals surface area contributed by atoms with Crippen LogP contribution >= 0.6 is 11.6 Å². The van der Waals surface area contributed by atoms with Crippen LogP contribution in [-0.4, -0.2) is 25.6 Å². The Morgan fingerprint density at radius 1 is 1.25 bits per heavy atom. The molecule has 0 radical (unpaired) electrons. The molecule has 2 rings (SSSR count). The number of allylic oxidation sites excluding steroid dienone is 3. The number of aliphatic imine (C=N–C) groups is 2. The molecule has 0 spiro atoms. The lowest BCUT2D eigenvalue weighted by Crippen LogP contribution is -2.22. The van der Waals surface area contributed by atoms with Crippen molar-refractivity contribution in [2.75, 3.05) is 13.1 Å². The van der Waals surface area contributed by atoms with Crippen LogP contribution in [0, 0.1) is 23.1 Å². The maximum atomic E-state index is 15.0. The van der Waals surface area contributed by atoms with Crippen molar-refractivity contribution in [1.29, 1.82) is 0 Å². The minimum Gasteiger partial charge on any atom is -0.376 e. The molecule has 0 saturated heterocycles. The summed E-state index contributed by atoms with van der Waals surface area (Å²) in [7, 11) is 0. The van der Waals surface area contributed by atoms with E-state index in [0.717, 1.165) is 80.3 Å². The zero-order valence-electron chi connectivity index (χ0n) is 22.8. The van der Waals surface area contributed by atoms with E-state index in [9.17, 15) is 4.39 Å². The molecule has 0 aromatic heterocycles. The molecule has 198 valence electrons. The van der Waals surface area contributed by atoms with Gasteiger partial charge in [-0.25, -0.2) is 9.38 Å². The molecule has 5 heteroatoms. The first kappa shape index (κ1) is 30.0. The van der Waals surface area contributed by atoms with Gasteiger partial charge < -0.3 is 5.32 Å². The molecule has 36 heavy (non-hydrogen) atoms. The van der Waals surface area contributed by atoms with Crippen LogP contribution in [0.15, 0.2) is 58.1 Å². The fraction of sp³-hybridized carbons (Fsp3) is 0.548. The number of rotatable bonds is 11. The van der Waals surface area contributed by atoms with E-state index in [0.29, 0.717) is 23.3 Å². The maximum absolute atomic E-state index is 15.0. The van der Waals surface area contributed by atoms with Gasteiger partial charge in [0.1, 0.15) is 5.82 Å². The van der Waals surface area contributed by atoms with Crippen LogP contribution in [0.3, 0.4) is 0 Å². The zero-order chi connectivity index (χ0) is 26.6. The molecular formula is C31H45ClFN3. The third-order valence-electron chi connectivity index (χ3n) is 7.46. The molecule has 1 aromatic rings. The molecule has 0 aliphatic carbocycles. The number of nitrogens with zero attached hydrogens (tertiary/aromatic N) is 2. The average Bonchev–Trinajstić information content (AvgIpc) is 2.83. The smallest absolute Gasteiger partial charge is 0.127 e. The Morgan fingerprint density at radius 3 is 2.72 bits per heavy atom. The van der Waals surface area contributed by atoms with E-state index in [2.05, 4.69) is 56.2 Å². The summed E-state index contributed by atoms with van der Waals surface area (Å²) in [5.41, 5.74) is 3.89. The predicted molar refractivity (Wildman–Crippen MR) is 156 cm³/mol. The molecule has 1 aromatic carbocycles. The molecule has 0 amide bonds. The van der Waals surface area contributed by atoms with E-state index in [4.69, 9.17) is 11.6 Å². The summed E-state index contributed by atoms with van der Waals surface area (Å²) in [6, 6.07) is 5.59. The van der Waals surface area contributed by atoms with E-state index in [1.54, 1.807) is 24.8 Å². The van der Waals surface area contributed by atoms with Crippen molar-refractivity contribution >= 4 is 29.7 Å². The topological polar surface area (TPSA) is 36.8 Å². The molecule has 0 saturated carbocycles. The lowest BCUT2D eigenvalue weighted by molar-refractivity contribution is 0.276. The Labute approximate surface area is 223 Å². The Kier molecular flexibility index (Phi) is 12.6. The standard InChI is InChI=1S/C31H45ClFN3/c1-7-25(26-13-15-34-20-29(32)21-36-22-35-16-14-26)10-9-24(4)27-11-12-28(30(33)18-27)17-23(3)19-31(5,6)8-2/h11-12,18,20-22,25-26H,3-4,7-10,13-17,19H2,1-2,5-6H3,(H,35,36)/b29-21+,34-20-. The molecule has 2 unspecified atom stereocenters. The molecule has 0 fully saturated rings. The Bertz CT molecular complexity index is 961. The van der Waals surface area contributed by atoms with E-state index in [1.165, 1.54) is 0 Å². The van der Waals surface area contributed by atoms with Gasteiger partial charge in [-0.1, -0.05) is 83.0 Å².